The van der Waals surface area contributed by atoms with Gasteiger partial charge in [0.05, 0.1) is 23.2 Å². The van der Waals surface area contributed by atoms with Gasteiger partial charge in [-0.05, 0) is 45.0 Å². The summed E-state index contributed by atoms with van der Waals surface area (Å²) in [6, 6.07) is 4.71. The van der Waals surface area contributed by atoms with Gasteiger partial charge in [0.15, 0.2) is 0 Å². The average Bonchev–Trinajstić information content (AvgIpc) is 2.83. The summed E-state index contributed by atoms with van der Waals surface area (Å²) in [6.07, 6.45) is 0. The fraction of sp³-hybridized carbons (Fsp3) is 0.333. The zero-order chi connectivity index (χ0) is 17.9. The van der Waals surface area contributed by atoms with Crippen molar-refractivity contribution in [3.63, 3.8) is 0 Å². The fourth-order valence-corrected chi connectivity index (χ4v) is 3.23. The van der Waals surface area contributed by atoms with Crippen LogP contribution in [0.3, 0.4) is 0 Å². The van der Waals surface area contributed by atoms with E-state index in [9.17, 15) is 13.2 Å². The smallest absolute Gasteiger partial charge is 0.241 e. The predicted molar refractivity (Wildman–Crippen MR) is 89.1 cm³/mol. The number of hydrogen-bond donors (Lipinski definition) is 2. The lowest BCUT2D eigenvalue weighted by molar-refractivity contribution is -0.122. The summed E-state index contributed by atoms with van der Waals surface area (Å²) < 4.78 is 32.1. The monoisotopic (exact) mass is 371 g/mol. The Balaban J connectivity index is 1.96. The summed E-state index contributed by atoms with van der Waals surface area (Å²) in [7, 11) is -3.82. The highest BCUT2D eigenvalue weighted by molar-refractivity contribution is 7.89. The molecule has 0 saturated heterocycles. The van der Waals surface area contributed by atoms with Gasteiger partial charge in [-0.2, -0.15) is 4.72 Å². The molecule has 0 aliphatic heterocycles. The molecule has 0 spiro atoms. The van der Waals surface area contributed by atoms with E-state index in [0.29, 0.717) is 16.7 Å². The number of hydrogen-bond acceptors (Lipinski definition) is 5. The van der Waals surface area contributed by atoms with Gasteiger partial charge < -0.3 is 9.73 Å². The molecule has 0 radical (unpaired) electrons. The van der Waals surface area contributed by atoms with Crippen molar-refractivity contribution in [1.29, 1.82) is 0 Å². The highest BCUT2D eigenvalue weighted by Gasteiger charge is 2.22. The van der Waals surface area contributed by atoms with Gasteiger partial charge in [0.1, 0.15) is 5.76 Å². The van der Waals surface area contributed by atoms with Crippen molar-refractivity contribution in [3.8, 4) is 0 Å². The second-order valence-corrected chi connectivity index (χ2v) is 7.41. The lowest BCUT2D eigenvalue weighted by Gasteiger charge is -2.14. The topological polar surface area (TPSA) is 101 Å². The van der Waals surface area contributed by atoms with Crippen molar-refractivity contribution >= 4 is 27.5 Å². The van der Waals surface area contributed by atoms with Crippen LogP contribution in [0.2, 0.25) is 5.02 Å². The quantitative estimate of drug-likeness (QED) is 0.807. The zero-order valence-corrected chi connectivity index (χ0v) is 15.0. The molecule has 0 unspecified atom stereocenters. The maximum Gasteiger partial charge on any atom is 0.241 e. The van der Waals surface area contributed by atoms with E-state index in [1.54, 1.807) is 13.8 Å². The molecule has 2 aromatic rings. The molecular weight excluding hydrogens is 354 g/mol. The van der Waals surface area contributed by atoms with Gasteiger partial charge >= 0.3 is 0 Å². The van der Waals surface area contributed by atoms with Gasteiger partial charge in [0.2, 0.25) is 21.8 Å². The molecule has 7 nitrogen and oxygen atoms in total. The Labute approximate surface area is 145 Å². The van der Waals surface area contributed by atoms with E-state index in [1.807, 2.05) is 0 Å². The summed E-state index contributed by atoms with van der Waals surface area (Å²) in [6.45, 7) is 5.11. The molecule has 1 amide bonds. The fourth-order valence-electron chi connectivity index (χ4n) is 1.90. The minimum atomic E-state index is -3.82. The van der Waals surface area contributed by atoms with Gasteiger partial charge in [0, 0.05) is 5.02 Å². The standard InChI is InChI=1S/C15H18ClN3O4S/c1-9-11(3)23-14(18-9)8-17-15(20)10(2)19-24(21,22)13-6-4-12(16)5-7-13/h4-7,10,19H,8H2,1-3H3,(H,17,20)/t10-/m0/s1. The minimum Gasteiger partial charge on any atom is -0.444 e. The van der Waals surface area contributed by atoms with E-state index in [0.717, 1.165) is 5.69 Å². The Morgan fingerprint density at radius 2 is 1.92 bits per heavy atom. The van der Waals surface area contributed by atoms with Crippen LogP contribution in [-0.2, 0) is 21.4 Å². The maximum absolute atomic E-state index is 12.2. The molecule has 24 heavy (non-hydrogen) atoms. The number of halogens is 1. The van der Waals surface area contributed by atoms with Crippen LogP contribution in [0, 0.1) is 13.8 Å². The first-order valence-electron chi connectivity index (χ1n) is 7.17. The lowest BCUT2D eigenvalue weighted by Crippen LogP contribution is -2.44. The normalized spacial score (nSPS) is 12.8. The second kappa shape index (κ2) is 7.33. The number of nitrogens with one attached hydrogen (secondary N) is 2. The van der Waals surface area contributed by atoms with Crippen LogP contribution in [-0.4, -0.2) is 25.4 Å². The molecule has 2 N–H and O–H groups in total. The third kappa shape index (κ3) is 4.56. The number of rotatable bonds is 6. The van der Waals surface area contributed by atoms with Gasteiger partial charge in [-0.25, -0.2) is 13.4 Å². The van der Waals surface area contributed by atoms with Crippen LogP contribution in [0.1, 0.15) is 24.3 Å². The lowest BCUT2D eigenvalue weighted by atomic mass is 10.3. The Morgan fingerprint density at radius 1 is 1.29 bits per heavy atom. The maximum atomic E-state index is 12.2. The van der Waals surface area contributed by atoms with Crippen molar-refractivity contribution in [3.05, 3.63) is 46.6 Å². The van der Waals surface area contributed by atoms with E-state index in [1.165, 1.54) is 31.2 Å². The first kappa shape index (κ1) is 18.4. The van der Waals surface area contributed by atoms with E-state index in [4.69, 9.17) is 16.0 Å². The second-order valence-electron chi connectivity index (χ2n) is 5.26. The zero-order valence-electron chi connectivity index (χ0n) is 13.5. The van der Waals surface area contributed by atoms with Crippen LogP contribution in [0.4, 0.5) is 0 Å². The molecule has 1 heterocycles. The Kier molecular flexibility index (Phi) is 5.63. The molecule has 1 aromatic heterocycles. The number of sulfonamides is 1. The van der Waals surface area contributed by atoms with Crippen LogP contribution in [0.15, 0.2) is 33.6 Å². The first-order chi connectivity index (χ1) is 11.2. The summed E-state index contributed by atoms with van der Waals surface area (Å²) in [4.78, 5) is 16.2. The third-order valence-corrected chi connectivity index (χ3v) is 5.14. The summed E-state index contributed by atoms with van der Waals surface area (Å²) in [5.41, 5.74) is 0.746. The van der Waals surface area contributed by atoms with Crippen LogP contribution < -0.4 is 10.0 Å². The third-order valence-electron chi connectivity index (χ3n) is 3.34. The predicted octanol–water partition coefficient (Wildman–Crippen LogP) is 1.93. The average molecular weight is 372 g/mol. The Bertz CT molecular complexity index is 811. The number of benzene rings is 1. The molecule has 130 valence electrons. The molecular formula is C15H18ClN3O4S. The SMILES string of the molecule is Cc1nc(CNC(=O)[C@H](C)NS(=O)(=O)c2ccc(Cl)cc2)oc1C. The van der Waals surface area contributed by atoms with Crippen molar-refractivity contribution in [2.75, 3.05) is 0 Å². The molecule has 0 aliphatic rings. The first-order valence-corrected chi connectivity index (χ1v) is 9.03. The van der Waals surface area contributed by atoms with Crippen molar-refractivity contribution in [1.82, 2.24) is 15.0 Å². The number of aryl methyl sites for hydroxylation is 2. The van der Waals surface area contributed by atoms with Crippen LogP contribution in [0.25, 0.3) is 0 Å². The highest BCUT2D eigenvalue weighted by atomic mass is 35.5. The van der Waals surface area contributed by atoms with Crippen molar-refractivity contribution in [2.45, 2.75) is 38.3 Å². The molecule has 0 aliphatic carbocycles. The van der Waals surface area contributed by atoms with E-state index in [-0.39, 0.29) is 11.4 Å². The number of aromatic nitrogens is 1. The molecule has 1 aromatic carbocycles. The number of carbonyl (C=O) groups excluding carboxylic acids is 1. The van der Waals surface area contributed by atoms with E-state index in [2.05, 4.69) is 15.0 Å². The number of carbonyl (C=O) groups is 1. The Morgan fingerprint density at radius 3 is 2.46 bits per heavy atom. The molecule has 0 saturated carbocycles. The van der Waals surface area contributed by atoms with Crippen molar-refractivity contribution in [2.24, 2.45) is 0 Å². The summed E-state index contributed by atoms with van der Waals surface area (Å²) in [5.74, 6) is 0.558. The highest BCUT2D eigenvalue weighted by Crippen LogP contribution is 2.14. The van der Waals surface area contributed by atoms with Gasteiger partial charge in [-0.15, -0.1) is 0 Å². The molecule has 0 bridgehead atoms. The minimum absolute atomic E-state index is 0.0329. The summed E-state index contributed by atoms with van der Waals surface area (Å²) >= 11 is 5.74. The van der Waals surface area contributed by atoms with Crippen LogP contribution >= 0.6 is 11.6 Å². The number of oxazole rings is 1. The number of amides is 1. The van der Waals surface area contributed by atoms with Gasteiger partial charge in [0.25, 0.3) is 0 Å². The van der Waals surface area contributed by atoms with E-state index >= 15 is 0 Å². The van der Waals surface area contributed by atoms with Crippen LogP contribution in [0.5, 0.6) is 0 Å². The van der Waals surface area contributed by atoms with E-state index < -0.39 is 22.0 Å². The molecule has 9 heteroatoms. The number of nitrogens with zero attached hydrogens (tertiary/aromatic N) is 1. The van der Waals surface area contributed by atoms with Crippen molar-refractivity contribution < 1.29 is 17.6 Å². The largest absolute Gasteiger partial charge is 0.444 e. The Hall–Kier alpha value is -1.90. The molecule has 0 fully saturated rings. The molecule has 2 rings (SSSR count). The van der Waals surface area contributed by atoms with Gasteiger partial charge in [-0.3, -0.25) is 4.79 Å². The summed E-state index contributed by atoms with van der Waals surface area (Å²) in [5, 5.41) is 3.01. The van der Waals surface area contributed by atoms with Gasteiger partial charge in [-0.1, -0.05) is 11.6 Å². The molecule has 1 atom stereocenters.